The lowest BCUT2D eigenvalue weighted by molar-refractivity contribution is -0.142. The molecule has 0 radical (unpaired) electrons. The zero-order valence-electron chi connectivity index (χ0n) is 14.5. The number of carboxylic acids is 1. The number of aliphatic carboxylic acids is 1. The minimum Gasteiger partial charge on any atom is -0.480 e. The SMILES string of the molecule is Nc1ccc(CSC(=S)N2Cc3[nH]c4ccccc4c3C[C@@H]2C(=O)O)cc1. The molecular formula is C20H19N3O2S2. The number of nitrogens with zero attached hydrogens (tertiary/aromatic N) is 1. The number of hydrogen-bond donors (Lipinski definition) is 3. The van der Waals surface area contributed by atoms with E-state index in [1.807, 2.05) is 53.4 Å². The van der Waals surface area contributed by atoms with Gasteiger partial charge in [0.15, 0.2) is 0 Å². The van der Waals surface area contributed by atoms with Crippen molar-refractivity contribution in [3.63, 3.8) is 0 Å². The minimum absolute atomic E-state index is 0.442. The second-order valence-corrected chi connectivity index (χ2v) is 8.22. The number of para-hydroxylation sites is 1. The van der Waals surface area contributed by atoms with E-state index < -0.39 is 12.0 Å². The van der Waals surface area contributed by atoms with Crippen LogP contribution in [0.5, 0.6) is 0 Å². The van der Waals surface area contributed by atoms with Crippen molar-refractivity contribution in [2.75, 3.05) is 5.73 Å². The highest BCUT2D eigenvalue weighted by molar-refractivity contribution is 8.22. The molecule has 0 aliphatic carbocycles. The molecule has 0 fully saturated rings. The van der Waals surface area contributed by atoms with Crippen LogP contribution < -0.4 is 5.73 Å². The van der Waals surface area contributed by atoms with Gasteiger partial charge in [0.05, 0.1) is 6.54 Å². The first kappa shape index (κ1) is 17.9. The summed E-state index contributed by atoms with van der Waals surface area (Å²) in [6.45, 7) is 0.481. The van der Waals surface area contributed by atoms with Crippen molar-refractivity contribution in [3.05, 3.63) is 65.4 Å². The third-order valence-electron chi connectivity index (χ3n) is 4.87. The zero-order chi connectivity index (χ0) is 19.0. The van der Waals surface area contributed by atoms with Gasteiger partial charge in [-0.3, -0.25) is 0 Å². The first-order valence-electron chi connectivity index (χ1n) is 8.62. The van der Waals surface area contributed by atoms with Crippen LogP contribution in [-0.4, -0.2) is 31.3 Å². The first-order chi connectivity index (χ1) is 13.0. The van der Waals surface area contributed by atoms with Crippen LogP contribution in [0.4, 0.5) is 5.69 Å². The van der Waals surface area contributed by atoms with Gasteiger partial charge in [0.1, 0.15) is 10.4 Å². The first-order valence-corrected chi connectivity index (χ1v) is 10.0. The maximum atomic E-state index is 11.9. The molecule has 2 heterocycles. The van der Waals surface area contributed by atoms with Gasteiger partial charge in [-0.2, -0.15) is 0 Å². The van der Waals surface area contributed by atoms with Crippen molar-refractivity contribution in [3.8, 4) is 0 Å². The van der Waals surface area contributed by atoms with Crippen molar-refractivity contribution >= 4 is 50.9 Å². The van der Waals surface area contributed by atoms with Crippen LogP contribution in [0.25, 0.3) is 10.9 Å². The van der Waals surface area contributed by atoms with Crippen molar-refractivity contribution < 1.29 is 9.90 Å². The van der Waals surface area contributed by atoms with Gasteiger partial charge in [0.25, 0.3) is 0 Å². The van der Waals surface area contributed by atoms with Gasteiger partial charge in [-0.15, -0.1) is 0 Å². The summed E-state index contributed by atoms with van der Waals surface area (Å²) in [7, 11) is 0. The van der Waals surface area contributed by atoms with Crippen LogP contribution >= 0.6 is 24.0 Å². The number of aromatic nitrogens is 1. The summed E-state index contributed by atoms with van der Waals surface area (Å²) in [6, 6.07) is 15.0. The topological polar surface area (TPSA) is 82.3 Å². The summed E-state index contributed by atoms with van der Waals surface area (Å²) >= 11 is 7.08. The molecule has 0 spiro atoms. The third kappa shape index (κ3) is 3.52. The van der Waals surface area contributed by atoms with E-state index in [0.29, 0.717) is 23.0 Å². The molecule has 1 aliphatic heterocycles. The Morgan fingerprint density at radius 1 is 1.26 bits per heavy atom. The number of carboxylic acid groups (broad SMARTS) is 1. The third-order valence-corrected chi connectivity index (χ3v) is 6.41. The normalized spacial score (nSPS) is 16.3. The lowest BCUT2D eigenvalue weighted by Crippen LogP contribution is -2.47. The lowest BCUT2D eigenvalue weighted by Gasteiger charge is -2.34. The number of fused-ring (bicyclic) bond motifs is 3. The highest BCUT2D eigenvalue weighted by Crippen LogP contribution is 2.32. The highest BCUT2D eigenvalue weighted by atomic mass is 32.2. The monoisotopic (exact) mass is 397 g/mol. The minimum atomic E-state index is -0.846. The van der Waals surface area contributed by atoms with Gasteiger partial charge < -0.3 is 20.7 Å². The molecule has 138 valence electrons. The number of hydrogen-bond acceptors (Lipinski definition) is 4. The number of nitrogens with one attached hydrogen (secondary N) is 1. The molecule has 1 atom stereocenters. The number of H-pyrrole nitrogens is 1. The molecule has 4 N–H and O–H groups in total. The number of nitrogens with two attached hydrogens (primary N) is 1. The maximum absolute atomic E-state index is 11.9. The molecule has 1 aliphatic rings. The Bertz CT molecular complexity index is 1010. The molecule has 5 nitrogen and oxygen atoms in total. The number of rotatable bonds is 3. The van der Waals surface area contributed by atoms with E-state index in [0.717, 1.165) is 33.4 Å². The number of aromatic amines is 1. The predicted molar refractivity (Wildman–Crippen MR) is 114 cm³/mol. The molecule has 2 aromatic carbocycles. The van der Waals surface area contributed by atoms with Gasteiger partial charge in [-0.25, -0.2) is 4.79 Å². The van der Waals surface area contributed by atoms with E-state index in [2.05, 4.69) is 4.98 Å². The van der Waals surface area contributed by atoms with Crippen molar-refractivity contribution in [2.45, 2.75) is 24.8 Å². The molecule has 1 aromatic heterocycles. The number of anilines is 1. The summed E-state index contributed by atoms with van der Waals surface area (Å²) in [4.78, 5) is 17.2. The highest BCUT2D eigenvalue weighted by Gasteiger charge is 2.34. The van der Waals surface area contributed by atoms with Gasteiger partial charge in [0, 0.05) is 34.5 Å². The number of thioether (sulfide) groups is 1. The number of thiocarbonyl (C=S) groups is 1. The second-order valence-electron chi connectivity index (χ2n) is 6.61. The summed E-state index contributed by atoms with van der Waals surface area (Å²) < 4.78 is 0.600. The van der Waals surface area contributed by atoms with Gasteiger partial charge >= 0.3 is 5.97 Å². The maximum Gasteiger partial charge on any atom is 0.326 e. The Labute approximate surface area is 166 Å². The molecule has 0 amide bonds. The van der Waals surface area contributed by atoms with Crippen LogP contribution in [0.2, 0.25) is 0 Å². The van der Waals surface area contributed by atoms with Gasteiger partial charge in [0.2, 0.25) is 0 Å². The molecule has 27 heavy (non-hydrogen) atoms. The van der Waals surface area contributed by atoms with E-state index in [1.165, 1.54) is 11.8 Å². The van der Waals surface area contributed by atoms with E-state index >= 15 is 0 Å². The average Bonchev–Trinajstić information content (AvgIpc) is 3.04. The van der Waals surface area contributed by atoms with Crippen LogP contribution in [0.15, 0.2) is 48.5 Å². The van der Waals surface area contributed by atoms with E-state index in [-0.39, 0.29) is 0 Å². The van der Waals surface area contributed by atoms with Crippen molar-refractivity contribution in [1.82, 2.24) is 9.88 Å². The largest absolute Gasteiger partial charge is 0.480 e. The second kappa shape index (κ2) is 7.25. The molecule has 0 bridgehead atoms. The fourth-order valence-electron chi connectivity index (χ4n) is 3.46. The van der Waals surface area contributed by atoms with E-state index in [1.54, 1.807) is 0 Å². The van der Waals surface area contributed by atoms with Crippen LogP contribution in [-0.2, 0) is 23.5 Å². The molecule has 7 heteroatoms. The van der Waals surface area contributed by atoms with Crippen molar-refractivity contribution in [2.24, 2.45) is 0 Å². The fraction of sp³-hybridized carbons (Fsp3) is 0.200. The number of benzene rings is 2. The summed E-state index contributed by atoms with van der Waals surface area (Å²) in [5, 5.41) is 10.9. The smallest absolute Gasteiger partial charge is 0.326 e. The Morgan fingerprint density at radius 3 is 2.74 bits per heavy atom. The average molecular weight is 398 g/mol. The molecular weight excluding hydrogens is 378 g/mol. The molecule has 0 saturated carbocycles. The number of carbonyl (C=O) groups is 1. The van der Waals surface area contributed by atoms with Gasteiger partial charge in [-0.05, 0) is 29.3 Å². The van der Waals surface area contributed by atoms with Crippen molar-refractivity contribution in [1.29, 1.82) is 0 Å². The molecule has 3 aromatic rings. The summed E-state index contributed by atoms with van der Waals surface area (Å²) in [5.74, 6) is -0.164. The zero-order valence-corrected chi connectivity index (χ0v) is 16.1. The summed E-state index contributed by atoms with van der Waals surface area (Å²) in [6.07, 6.45) is 0.442. The fourth-order valence-corrected chi connectivity index (χ4v) is 4.67. The van der Waals surface area contributed by atoms with Crippen LogP contribution in [0.3, 0.4) is 0 Å². The Hall–Kier alpha value is -2.51. The Balaban J connectivity index is 1.56. The molecule has 0 unspecified atom stereocenters. The number of nitrogen functional groups attached to an aromatic ring is 1. The molecule has 4 rings (SSSR count). The quantitative estimate of drug-likeness (QED) is 0.461. The Morgan fingerprint density at radius 2 is 2.00 bits per heavy atom. The summed E-state index contributed by atoms with van der Waals surface area (Å²) in [5.41, 5.74) is 10.7. The van der Waals surface area contributed by atoms with E-state index in [4.69, 9.17) is 18.0 Å². The van der Waals surface area contributed by atoms with Gasteiger partial charge in [-0.1, -0.05) is 54.3 Å². The lowest BCUT2D eigenvalue weighted by atomic mass is 9.97. The van der Waals surface area contributed by atoms with Crippen LogP contribution in [0, 0.1) is 0 Å². The Kier molecular flexibility index (Phi) is 4.80. The predicted octanol–water partition coefficient (Wildman–Crippen LogP) is 3.78. The molecule has 0 saturated heterocycles. The van der Waals surface area contributed by atoms with E-state index in [9.17, 15) is 9.90 Å². The standard InChI is InChI=1S/C20H19N3O2S2/c21-13-7-5-12(6-8-13)11-27-20(26)23-10-17-15(9-18(23)19(24)25)14-3-1-2-4-16(14)22-17/h1-8,18,22H,9-11,21H2,(H,24,25)/t18-/m1/s1. The van der Waals surface area contributed by atoms with Crippen LogP contribution in [0.1, 0.15) is 16.8 Å².